The van der Waals surface area contributed by atoms with Crippen LogP contribution < -0.4 is 0 Å². The van der Waals surface area contributed by atoms with Crippen LogP contribution in [0.3, 0.4) is 0 Å². The van der Waals surface area contributed by atoms with Crippen LogP contribution in [0.4, 0.5) is 0 Å². The van der Waals surface area contributed by atoms with Crippen molar-refractivity contribution in [1.82, 2.24) is 0 Å². The molecule has 0 radical (unpaired) electrons. The highest BCUT2D eigenvalue weighted by atomic mass is 32.1. The summed E-state index contributed by atoms with van der Waals surface area (Å²) in [7, 11) is 0. The van der Waals surface area contributed by atoms with E-state index >= 15 is 0 Å². The van der Waals surface area contributed by atoms with E-state index in [4.69, 9.17) is 5.11 Å². The summed E-state index contributed by atoms with van der Waals surface area (Å²) < 4.78 is 0. The van der Waals surface area contributed by atoms with E-state index in [9.17, 15) is 4.79 Å². The molecule has 0 heterocycles. The predicted molar refractivity (Wildman–Crippen MR) is 69.9 cm³/mol. The second kappa shape index (κ2) is 5.06. The van der Waals surface area contributed by atoms with Crippen LogP contribution in [0.5, 0.6) is 0 Å². The number of aromatic carboxylic acids is 1. The Morgan fingerprint density at radius 2 is 1.59 bits per heavy atom. The average molecular weight is 244 g/mol. The summed E-state index contributed by atoms with van der Waals surface area (Å²) in [5, 5.41) is 9.09. The average Bonchev–Trinajstić information content (AvgIpc) is 2.32. The third-order valence-corrected chi connectivity index (χ3v) is 3.06. The first-order chi connectivity index (χ1) is 8.18. The molecular formula is C14H12O2S. The highest BCUT2D eigenvalue weighted by molar-refractivity contribution is 7.80. The molecule has 0 bridgehead atoms. The Morgan fingerprint density at radius 3 is 2.24 bits per heavy atom. The highest BCUT2D eigenvalue weighted by Crippen LogP contribution is 2.19. The summed E-state index contributed by atoms with van der Waals surface area (Å²) in [6.07, 6.45) is 0.585. The lowest BCUT2D eigenvalue weighted by molar-refractivity contribution is 0.0696. The zero-order valence-corrected chi connectivity index (χ0v) is 10.0. The molecule has 0 aliphatic heterocycles. The Hall–Kier alpha value is -1.74. The Kier molecular flexibility index (Phi) is 3.49. The van der Waals surface area contributed by atoms with E-state index < -0.39 is 5.97 Å². The molecule has 0 fully saturated rings. The fourth-order valence-electron chi connectivity index (χ4n) is 1.75. The Balaban J connectivity index is 2.37. The van der Waals surface area contributed by atoms with Gasteiger partial charge in [-0.1, -0.05) is 36.4 Å². The third kappa shape index (κ3) is 2.68. The van der Waals surface area contributed by atoms with E-state index in [1.165, 1.54) is 0 Å². The number of hydrogen-bond donors (Lipinski definition) is 2. The van der Waals surface area contributed by atoms with Crippen LogP contribution in [0.2, 0.25) is 0 Å². The number of rotatable bonds is 3. The van der Waals surface area contributed by atoms with Crippen LogP contribution in [0.15, 0.2) is 53.4 Å². The van der Waals surface area contributed by atoms with Crippen LogP contribution in [0, 0.1) is 0 Å². The molecule has 2 aromatic rings. The Morgan fingerprint density at radius 1 is 1.00 bits per heavy atom. The molecule has 0 unspecified atom stereocenters. The minimum absolute atomic E-state index is 0.351. The first-order valence-electron chi connectivity index (χ1n) is 5.26. The number of thiol groups is 1. The first-order valence-corrected chi connectivity index (χ1v) is 5.71. The molecule has 0 aliphatic rings. The largest absolute Gasteiger partial charge is 0.478 e. The minimum Gasteiger partial charge on any atom is -0.478 e. The fourth-order valence-corrected chi connectivity index (χ4v) is 1.99. The maximum Gasteiger partial charge on any atom is 0.335 e. The molecule has 3 heteroatoms. The van der Waals surface area contributed by atoms with E-state index in [0.717, 1.165) is 16.0 Å². The van der Waals surface area contributed by atoms with Gasteiger partial charge < -0.3 is 5.11 Å². The summed E-state index contributed by atoms with van der Waals surface area (Å²) in [5.41, 5.74) is 2.19. The van der Waals surface area contributed by atoms with E-state index in [1.54, 1.807) is 12.1 Å². The number of hydrogen-bond acceptors (Lipinski definition) is 2. The summed E-state index contributed by atoms with van der Waals surface area (Å²) in [5.74, 6) is -0.891. The van der Waals surface area contributed by atoms with Gasteiger partial charge in [0.05, 0.1) is 5.56 Å². The smallest absolute Gasteiger partial charge is 0.335 e. The van der Waals surface area contributed by atoms with Crippen molar-refractivity contribution in [2.75, 3.05) is 0 Å². The molecule has 0 spiro atoms. The second-order valence-corrected chi connectivity index (χ2v) is 4.25. The van der Waals surface area contributed by atoms with Crippen molar-refractivity contribution in [2.45, 2.75) is 11.3 Å². The molecular weight excluding hydrogens is 232 g/mol. The quantitative estimate of drug-likeness (QED) is 0.813. The van der Waals surface area contributed by atoms with Gasteiger partial charge in [0.2, 0.25) is 0 Å². The summed E-state index contributed by atoms with van der Waals surface area (Å²) >= 11 is 4.37. The minimum atomic E-state index is -0.891. The van der Waals surface area contributed by atoms with Crippen molar-refractivity contribution in [3.8, 4) is 0 Å². The van der Waals surface area contributed by atoms with Gasteiger partial charge in [0.15, 0.2) is 0 Å². The maximum absolute atomic E-state index is 11.1. The van der Waals surface area contributed by atoms with Gasteiger partial charge >= 0.3 is 5.97 Å². The fraction of sp³-hybridized carbons (Fsp3) is 0.0714. The predicted octanol–water partition coefficient (Wildman–Crippen LogP) is 3.26. The lowest BCUT2D eigenvalue weighted by Gasteiger charge is -2.07. The Bertz CT molecular complexity index is 549. The molecule has 2 nitrogen and oxygen atoms in total. The topological polar surface area (TPSA) is 37.3 Å². The molecule has 1 N–H and O–H groups in total. The van der Waals surface area contributed by atoms with E-state index in [-0.39, 0.29) is 0 Å². The molecule has 2 aromatic carbocycles. The van der Waals surface area contributed by atoms with Gasteiger partial charge in [0.1, 0.15) is 0 Å². The van der Waals surface area contributed by atoms with Gasteiger partial charge in [-0.25, -0.2) is 4.79 Å². The lowest BCUT2D eigenvalue weighted by Crippen LogP contribution is -2.03. The van der Waals surface area contributed by atoms with Crippen LogP contribution in [-0.2, 0) is 6.42 Å². The van der Waals surface area contributed by atoms with Crippen molar-refractivity contribution in [1.29, 1.82) is 0 Å². The van der Waals surface area contributed by atoms with Gasteiger partial charge in [-0.3, -0.25) is 0 Å². The molecule has 0 saturated heterocycles. The van der Waals surface area contributed by atoms with Gasteiger partial charge in [-0.2, -0.15) is 0 Å². The standard InChI is InChI=1S/C14H12O2S/c15-14(16)12-7-3-1-5-10(12)9-11-6-2-4-8-13(11)17/h1-8,17H,9H2,(H,15,16). The summed E-state index contributed by atoms with van der Waals surface area (Å²) in [6.45, 7) is 0. The third-order valence-electron chi connectivity index (χ3n) is 2.62. The van der Waals surface area contributed by atoms with E-state index in [2.05, 4.69) is 12.6 Å². The van der Waals surface area contributed by atoms with Crippen LogP contribution in [-0.4, -0.2) is 11.1 Å². The van der Waals surface area contributed by atoms with E-state index in [0.29, 0.717) is 12.0 Å². The highest BCUT2D eigenvalue weighted by Gasteiger charge is 2.10. The zero-order valence-electron chi connectivity index (χ0n) is 9.13. The zero-order chi connectivity index (χ0) is 12.3. The number of carboxylic acids is 1. The van der Waals surface area contributed by atoms with Crippen molar-refractivity contribution in [3.63, 3.8) is 0 Å². The van der Waals surface area contributed by atoms with Crippen molar-refractivity contribution >= 4 is 18.6 Å². The normalized spacial score (nSPS) is 10.2. The SMILES string of the molecule is O=C(O)c1ccccc1Cc1ccccc1S. The lowest BCUT2D eigenvalue weighted by atomic mass is 10.00. The second-order valence-electron chi connectivity index (χ2n) is 3.77. The van der Waals surface area contributed by atoms with Gasteiger partial charge in [0.25, 0.3) is 0 Å². The monoisotopic (exact) mass is 244 g/mol. The van der Waals surface area contributed by atoms with Crippen molar-refractivity contribution in [3.05, 3.63) is 65.2 Å². The van der Waals surface area contributed by atoms with Gasteiger partial charge in [0, 0.05) is 4.90 Å². The van der Waals surface area contributed by atoms with Crippen molar-refractivity contribution < 1.29 is 9.90 Å². The number of carbonyl (C=O) groups is 1. The number of benzene rings is 2. The van der Waals surface area contributed by atoms with Crippen LogP contribution >= 0.6 is 12.6 Å². The number of carboxylic acid groups (broad SMARTS) is 1. The molecule has 0 atom stereocenters. The van der Waals surface area contributed by atoms with E-state index in [1.807, 2.05) is 36.4 Å². The molecule has 17 heavy (non-hydrogen) atoms. The molecule has 86 valence electrons. The van der Waals surface area contributed by atoms with Gasteiger partial charge in [-0.15, -0.1) is 12.6 Å². The van der Waals surface area contributed by atoms with Crippen molar-refractivity contribution in [2.24, 2.45) is 0 Å². The molecule has 0 amide bonds. The molecule has 2 rings (SSSR count). The van der Waals surface area contributed by atoms with Crippen LogP contribution in [0.1, 0.15) is 21.5 Å². The summed E-state index contributed by atoms with van der Waals surface area (Å²) in [6, 6.07) is 14.8. The maximum atomic E-state index is 11.1. The van der Waals surface area contributed by atoms with Gasteiger partial charge in [-0.05, 0) is 29.7 Å². The molecule has 0 saturated carbocycles. The Labute approximate surface area is 105 Å². The molecule has 0 aromatic heterocycles. The molecule has 0 aliphatic carbocycles. The first kappa shape index (κ1) is 11.7. The summed E-state index contributed by atoms with van der Waals surface area (Å²) in [4.78, 5) is 12.0. The van der Waals surface area contributed by atoms with Crippen LogP contribution in [0.25, 0.3) is 0 Å².